The Balaban J connectivity index is 0.935. The quantitative estimate of drug-likeness (QED) is 0.148. The summed E-state index contributed by atoms with van der Waals surface area (Å²) in [5, 5.41) is 2.47. The summed E-state index contributed by atoms with van der Waals surface area (Å²) in [6.45, 7) is 2.49. The molecule has 0 amide bonds. The lowest BCUT2D eigenvalue weighted by atomic mass is 9.77. The second kappa shape index (κ2) is 19.4. The van der Waals surface area contributed by atoms with Gasteiger partial charge in [-0.1, -0.05) is 249 Å². The molecule has 0 spiro atoms. The van der Waals surface area contributed by atoms with E-state index in [2.05, 4.69) is 320 Å². The molecule has 13 aromatic carbocycles. The predicted octanol–water partition coefficient (Wildman–Crippen LogP) is 21.9. The molecule has 14 aromatic rings. The van der Waals surface area contributed by atoms with Crippen molar-refractivity contribution in [1.82, 2.24) is 4.57 Å². The topological polar surface area (TPSA) is 20.5 Å². The summed E-state index contributed by atoms with van der Waals surface area (Å²) >= 11 is 0. The van der Waals surface area contributed by atoms with Crippen LogP contribution in [-0.4, -0.2) is 10.4 Å². The summed E-state index contributed by atoms with van der Waals surface area (Å²) in [6, 6.07) is 112. The van der Waals surface area contributed by atoms with Crippen molar-refractivity contribution in [3.05, 3.63) is 364 Å². The summed E-state index contributed by atoms with van der Waals surface area (Å²) in [5.41, 5.74) is 35.0. The molecule has 0 radical (unpaired) electrons. The molecule has 3 unspecified atom stereocenters. The minimum atomic E-state index is -0.121. The normalized spacial score (nSPS) is 16.3. The van der Waals surface area contributed by atoms with Crippen LogP contribution in [-0.2, 0) is 0 Å². The number of amidine groups is 1. The van der Waals surface area contributed by atoms with Gasteiger partial charge in [0.05, 0.1) is 39.7 Å². The number of hydrogen-bond donors (Lipinski definition) is 0. The standard InChI is InChI=1S/C86H57N3/c1-52-80(84-68-43-40-58(54-24-8-3-9-25-54)47-70(68)82-69-46-57(53-22-6-2-7-23-53)38-39-61(69)50-73(82)84)78(88-75-36-20-18-32-64(75)65-33-19-21-37-76(65)88)51-79(81(52)83-66-34-16-14-30-62(66)63-31-15-17-35-67(63)83)89-77-45-42-60(56-28-12-5-13-29-56)49-72(77)85-71-48-59(55-26-10-4-11-27-55)41-44-74(71)87-86(85)89/h2-51,82-85H,1H3. The number of nitrogens with zero attached hydrogens (tertiary/aromatic N) is 3. The maximum absolute atomic E-state index is 5.89. The Morgan fingerprint density at radius 3 is 1.37 bits per heavy atom. The van der Waals surface area contributed by atoms with Crippen molar-refractivity contribution in [2.24, 2.45) is 4.99 Å². The van der Waals surface area contributed by atoms with E-state index in [1.807, 2.05) is 0 Å². The number of benzene rings is 13. The number of fused-ring (bicyclic) bond motifs is 16. The zero-order valence-corrected chi connectivity index (χ0v) is 49.0. The number of allylic oxidation sites excluding steroid dienone is 1. The number of aromatic nitrogens is 1. The maximum atomic E-state index is 5.89. The lowest BCUT2D eigenvalue weighted by Gasteiger charge is -2.33. The van der Waals surface area contributed by atoms with Gasteiger partial charge in [-0.05, 0) is 184 Å². The Bertz CT molecular complexity index is 5240. The third kappa shape index (κ3) is 7.43. The molecular weight excluding hydrogens is 1070 g/mol. The Morgan fingerprint density at radius 1 is 0.303 bits per heavy atom. The highest BCUT2D eigenvalue weighted by molar-refractivity contribution is 6.20. The Hall–Kier alpha value is -11.1. The van der Waals surface area contributed by atoms with Crippen LogP contribution in [0.25, 0.3) is 89.2 Å². The van der Waals surface area contributed by atoms with Crippen LogP contribution in [0.4, 0.5) is 17.1 Å². The fourth-order valence-corrected chi connectivity index (χ4v) is 16.5. The van der Waals surface area contributed by atoms with E-state index in [1.54, 1.807) is 0 Å². The van der Waals surface area contributed by atoms with Gasteiger partial charge in [-0.2, -0.15) is 0 Å². The Kier molecular flexibility index (Phi) is 10.9. The van der Waals surface area contributed by atoms with E-state index in [-0.39, 0.29) is 23.7 Å². The average molecular weight is 1130 g/mol. The highest BCUT2D eigenvalue weighted by Gasteiger charge is 2.48. The molecule has 0 N–H and O–H groups in total. The van der Waals surface area contributed by atoms with Crippen LogP contribution in [0.15, 0.2) is 308 Å². The van der Waals surface area contributed by atoms with Crippen molar-refractivity contribution >= 4 is 50.8 Å². The lowest BCUT2D eigenvalue weighted by molar-refractivity contribution is 0.897. The smallest absolute Gasteiger partial charge is 0.126 e. The number of hydrogen-bond acceptors (Lipinski definition) is 2. The monoisotopic (exact) mass is 1130 g/mol. The van der Waals surface area contributed by atoms with Crippen LogP contribution in [0.5, 0.6) is 0 Å². The Labute approximate surface area is 518 Å². The minimum absolute atomic E-state index is 0.0379. The largest absolute Gasteiger partial charge is 0.309 e. The van der Waals surface area contributed by atoms with Gasteiger partial charge >= 0.3 is 0 Å². The van der Waals surface area contributed by atoms with Gasteiger partial charge in [0.25, 0.3) is 0 Å². The summed E-state index contributed by atoms with van der Waals surface area (Å²) < 4.78 is 2.63. The first-order valence-corrected chi connectivity index (χ1v) is 31.3. The fraction of sp³-hybridized carbons (Fsp3) is 0.0581. The van der Waals surface area contributed by atoms with E-state index in [9.17, 15) is 0 Å². The summed E-state index contributed by atoms with van der Waals surface area (Å²) in [5.74, 6) is 0.733. The van der Waals surface area contributed by atoms with Crippen LogP contribution in [0.1, 0.15) is 84.9 Å². The van der Waals surface area contributed by atoms with Crippen molar-refractivity contribution in [2.45, 2.75) is 30.6 Å². The minimum Gasteiger partial charge on any atom is -0.309 e. The lowest BCUT2D eigenvalue weighted by Crippen LogP contribution is -2.26. The number of aliphatic imine (C=N–C) groups is 1. The third-order valence-corrected chi connectivity index (χ3v) is 20.3. The maximum Gasteiger partial charge on any atom is 0.126 e. The first-order chi connectivity index (χ1) is 44.1. The molecule has 1 aromatic heterocycles. The van der Waals surface area contributed by atoms with Gasteiger partial charge in [0.2, 0.25) is 0 Å². The van der Waals surface area contributed by atoms with E-state index in [0.717, 1.165) is 22.9 Å². The van der Waals surface area contributed by atoms with E-state index in [0.29, 0.717) is 0 Å². The van der Waals surface area contributed by atoms with Gasteiger partial charge in [-0.25, -0.2) is 4.99 Å². The second-order valence-electron chi connectivity index (χ2n) is 24.8. The van der Waals surface area contributed by atoms with Crippen molar-refractivity contribution in [3.63, 3.8) is 0 Å². The molecule has 5 aliphatic rings. The molecule has 3 heteroatoms. The third-order valence-electron chi connectivity index (χ3n) is 20.3. The molecule has 416 valence electrons. The summed E-state index contributed by atoms with van der Waals surface area (Å²) in [4.78, 5) is 8.50. The van der Waals surface area contributed by atoms with Crippen molar-refractivity contribution in [2.75, 3.05) is 4.90 Å². The Morgan fingerprint density at radius 2 is 0.775 bits per heavy atom. The predicted molar refractivity (Wildman–Crippen MR) is 369 cm³/mol. The van der Waals surface area contributed by atoms with Crippen LogP contribution in [0.3, 0.4) is 0 Å². The number of anilines is 2. The highest BCUT2D eigenvalue weighted by Crippen LogP contribution is 2.63. The van der Waals surface area contributed by atoms with E-state index in [4.69, 9.17) is 4.99 Å². The average Bonchev–Trinajstić information content (AvgIpc) is 1.58. The molecule has 3 nitrogen and oxygen atoms in total. The first-order valence-electron chi connectivity index (χ1n) is 31.3. The van der Waals surface area contributed by atoms with Gasteiger partial charge in [0.1, 0.15) is 5.84 Å². The summed E-state index contributed by atoms with van der Waals surface area (Å²) in [6.07, 6.45) is 2.57. The summed E-state index contributed by atoms with van der Waals surface area (Å²) in [7, 11) is 0. The first kappa shape index (κ1) is 50.1. The molecule has 0 fully saturated rings. The van der Waals surface area contributed by atoms with Gasteiger partial charge in [-0.3, -0.25) is 4.90 Å². The number of para-hydroxylation sites is 2. The van der Waals surface area contributed by atoms with Crippen molar-refractivity contribution in [3.8, 4) is 61.3 Å². The van der Waals surface area contributed by atoms with Crippen LogP contribution < -0.4 is 4.90 Å². The molecule has 2 aliphatic heterocycles. The van der Waals surface area contributed by atoms with E-state index >= 15 is 0 Å². The number of rotatable bonds is 8. The highest BCUT2D eigenvalue weighted by atomic mass is 15.2. The van der Waals surface area contributed by atoms with Crippen LogP contribution in [0.2, 0.25) is 0 Å². The van der Waals surface area contributed by atoms with Crippen LogP contribution >= 0.6 is 0 Å². The van der Waals surface area contributed by atoms with Crippen molar-refractivity contribution in [1.29, 1.82) is 0 Å². The van der Waals surface area contributed by atoms with Crippen molar-refractivity contribution < 1.29 is 0 Å². The molecule has 89 heavy (non-hydrogen) atoms. The molecule has 3 atom stereocenters. The SMILES string of the molecule is Cc1c(C2C3=Cc4ccc(-c5ccccc5)cc4C3c3cc(-c4ccccc4)ccc32)c(-n2c3ccccc3c3ccccc32)cc(N2C3=Nc4ccc(-c5ccccc5)cc4C3c3cc(-c4ccccc4)ccc32)c1C1c2ccccc2-c2ccccc21. The van der Waals surface area contributed by atoms with Gasteiger partial charge < -0.3 is 4.57 Å². The van der Waals surface area contributed by atoms with Gasteiger partial charge in [0, 0.05) is 28.5 Å². The van der Waals surface area contributed by atoms with Gasteiger partial charge in [-0.15, -0.1) is 0 Å². The van der Waals surface area contributed by atoms with E-state index < -0.39 is 0 Å². The molecule has 3 aliphatic carbocycles. The molecule has 0 bridgehead atoms. The second-order valence-corrected chi connectivity index (χ2v) is 24.8. The molecular formula is C86H57N3. The molecule has 19 rings (SSSR count). The molecule has 3 heterocycles. The van der Waals surface area contributed by atoms with Gasteiger partial charge in [0.15, 0.2) is 0 Å². The molecule has 0 saturated heterocycles. The van der Waals surface area contributed by atoms with E-state index in [1.165, 1.54) is 150 Å². The zero-order chi connectivity index (χ0) is 58.4. The zero-order valence-electron chi connectivity index (χ0n) is 49.0. The fourth-order valence-electron chi connectivity index (χ4n) is 16.5. The molecule has 0 saturated carbocycles. The van der Waals surface area contributed by atoms with Crippen LogP contribution in [0, 0.1) is 6.92 Å².